The lowest BCUT2D eigenvalue weighted by molar-refractivity contribution is 0.301. The Hall–Kier alpha value is -1.58. The van der Waals surface area contributed by atoms with Crippen molar-refractivity contribution in [1.29, 1.82) is 0 Å². The van der Waals surface area contributed by atoms with Gasteiger partial charge in [-0.3, -0.25) is 4.98 Å². The number of nitrogens with one attached hydrogen (secondary N) is 1. The zero-order chi connectivity index (χ0) is 13.5. The highest BCUT2D eigenvalue weighted by Gasteiger charge is 2.03. The Morgan fingerprint density at radius 3 is 3.00 bits per heavy atom. The van der Waals surface area contributed by atoms with Crippen LogP contribution in [-0.4, -0.2) is 11.5 Å². The van der Waals surface area contributed by atoms with E-state index in [1.54, 1.807) is 12.4 Å². The molecule has 0 radical (unpaired) electrons. The third-order valence-electron chi connectivity index (χ3n) is 2.72. The van der Waals surface area contributed by atoms with E-state index in [4.69, 9.17) is 16.3 Å². The molecule has 4 heteroatoms. The van der Waals surface area contributed by atoms with Crippen LogP contribution in [0.2, 0.25) is 5.02 Å². The summed E-state index contributed by atoms with van der Waals surface area (Å²) in [6.07, 6.45) is 3.52. The number of aromatic nitrogens is 1. The van der Waals surface area contributed by atoms with Gasteiger partial charge in [0.15, 0.2) is 0 Å². The van der Waals surface area contributed by atoms with Crippen LogP contribution in [0.1, 0.15) is 18.1 Å². The molecule has 0 bridgehead atoms. The SMILES string of the molecule is CCNCc1ccncc1OCc1cccc(Cl)c1. The fourth-order valence-electron chi connectivity index (χ4n) is 1.73. The summed E-state index contributed by atoms with van der Waals surface area (Å²) < 4.78 is 5.81. The topological polar surface area (TPSA) is 34.2 Å². The summed E-state index contributed by atoms with van der Waals surface area (Å²) >= 11 is 5.95. The molecule has 0 saturated carbocycles. The number of pyridine rings is 1. The summed E-state index contributed by atoms with van der Waals surface area (Å²) in [5.74, 6) is 0.809. The van der Waals surface area contributed by atoms with Crippen LogP contribution in [0.25, 0.3) is 0 Å². The molecule has 0 aliphatic heterocycles. The van der Waals surface area contributed by atoms with Gasteiger partial charge >= 0.3 is 0 Å². The lowest BCUT2D eigenvalue weighted by atomic mass is 10.2. The maximum Gasteiger partial charge on any atom is 0.142 e. The summed E-state index contributed by atoms with van der Waals surface area (Å²) in [6.45, 7) is 4.28. The van der Waals surface area contributed by atoms with Gasteiger partial charge in [0.1, 0.15) is 12.4 Å². The third-order valence-corrected chi connectivity index (χ3v) is 2.95. The first-order chi connectivity index (χ1) is 9.29. The molecule has 1 aromatic heterocycles. The Balaban J connectivity index is 2.02. The summed E-state index contributed by atoms with van der Waals surface area (Å²) in [6, 6.07) is 9.64. The van der Waals surface area contributed by atoms with E-state index < -0.39 is 0 Å². The van der Waals surface area contributed by atoms with Crippen LogP contribution in [0.5, 0.6) is 5.75 Å². The molecule has 0 unspecified atom stereocenters. The molecule has 1 heterocycles. The zero-order valence-electron chi connectivity index (χ0n) is 10.9. The number of ether oxygens (including phenoxy) is 1. The maximum absolute atomic E-state index is 5.95. The summed E-state index contributed by atoms with van der Waals surface area (Å²) in [4.78, 5) is 4.10. The molecule has 0 aliphatic carbocycles. The van der Waals surface area contributed by atoms with Gasteiger partial charge in [0.2, 0.25) is 0 Å². The van der Waals surface area contributed by atoms with Crippen molar-refractivity contribution in [2.45, 2.75) is 20.1 Å². The van der Waals surface area contributed by atoms with E-state index in [0.717, 1.165) is 35.0 Å². The lowest BCUT2D eigenvalue weighted by Crippen LogP contribution is -2.13. The first kappa shape index (κ1) is 13.8. The van der Waals surface area contributed by atoms with Gasteiger partial charge in [-0.15, -0.1) is 0 Å². The van der Waals surface area contributed by atoms with Crippen LogP contribution >= 0.6 is 11.6 Å². The Labute approximate surface area is 118 Å². The molecule has 100 valence electrons. The van der Waals surface area contributed by atoms with Crippen LogP contribution in [-0.2, 0) is 13.2 Å². The Bertz CT molecular complexity index is 531. The molecule has 19 heavy (non-hydrogen) atoms. The number of hydrogen-bond donors (Lipinski definition) is 1. The van der Waals surface area contributed by atoms with Crippen molar-refractivity contribution in [1.82, 2.24) is 10.3 Å². The van der Waals surface area contributed by atoms with E-state index in [1.165, 1.54) is 0 Å². The van der Waals surface area contributed by atoms with Crippen molar-refractivity contribution in [3.8, 4) is 5.75 Å². The summed E-state index contributed by atoms with van der Waals surface area (Å²) in [7, 11) is 0. The Morgan fingerprint density at radius 2 is 2.21 bits per heavy atom. The van der Waals surface area contributed by atoms with Crippen molar-refractivity contribution in [2.24, 2.45) is 0 Å². The highest BCUT2D eigenvalue weighted by Crippen LogP contribution is 2.19. The van der Waals surface area contributed by atoms with Crippen molar-refractivity contribution < 1.29 is 4.74 Å². The average Bonchev–Trinajstić information content (AvgIpc) is 2.44. The summed E-state index contributed by atoms with van der Waals surface area (Å²) in [5, 5.41) is 4.01. The van der Waals surface area contributed by atoms with Gasteiger partial charge in [-0.2, -0.15) is 0 Å². The fraction of sp³-hybridized carbons (Fsp3) is 0.267. The van der Waals surface area contributed by atoms with Crippen LogP contribution < -0.4 is 10.1 Å². The van der Waals surface area contributed by atoms with Crippen molar-refractivity contribution in [2.75, 3.05) is 6.54 Å². The minimum absolute atomic E-state index is 0.491. The van der Waals surface area contributed by atoms with Crippen LogP contribution in [0, 0.1) is 0 Å². The molecule has 1 aromatic carbocycles. The largest absolute Gasteiger partial charge is 0.487 e. The predicted molar refractivity (Wildman–Crippen MR) is 77.4 cm³/mol. The van der Waals surface area contributed by atoms with Gasteiger partial charge in [0.25, 0.3) is 0 Å². The highest BCUT2D eigenvalue weighted by atomic mass is 35.5. The molecule has 2 rings (SSSR count). The number of nitrogens with zero attached hydrogens (tertiary/aromatic N) is 1. The quantitative estimate of drug-likeness (QED) is 0.878. The first-order valence-electron chi connectivity index (χ1n) is 6.30. The molecule has 0 atom stereocenters. The van der Waals surface area contributed by atoms with Gasteiger partial charge in [-0.25, -0.2) is 0 Å². The van der Waals surface area contributed by atoms with Gasteiger partial charge in [-0.05, 0) is 30.3 Å². The van der Waals surface area contributed by atoms with E-state index >= 15 is 0 Å². The van der Waals surface area contributed by atoms with E-state index in [2.05, 4.69) is 17.2 Å². The van der Waals surface area contributed by atoms with E-state index in [-0.39, 0.29) is 0 Å². The average molecular weight is 277 g/mol. The molecule has 0 saturated heterocycles. The van der Waals surface area contributed by atoms with Crippen molar-refractivity contribution in [3.05, 3.63) is 58.9 Å². The molecule has 0 fully saturated rings. The fourth-order valence-corrected chi connectivity index (χ4v) is 1.95. The van der Waals surface area contributed by atoms with E-state index in [1.807, 2.05) is 30.3 Å². The molecular formula is C15H17ClN2O. The second kappa shape index (κ2) is 7.12. The van der Waals surface area contributed by atoms with E-state index in [9.17, 15) is 0 Å². The molecular weight excluding hydrogens is 260 g/mol. The molecule has 1 N–H and O–H groups in total. The standard InChI is InChI=1S/C15H17ClN2O/c1-2-17-9-13-6-7-18-10-15(13)19-11-12-4-3-5-14(16)8-12/h3-8,10,17H,2,9,11H2,1H3. The second-order valence-corrected chi connectivity index (χ2v) is 4.62. The predicted octanol–water partition coefficient (Wildman–Crippen LogP) is 3.42. The van der Waals surface area contributed by atoms with Gasteiger partial charge in [-0.1, -0.05) is 30.7 Å². The monoisotopic (exact) mass is 276 g/mol. The lowest BCUT2D eigenvalue weighted by Gasteiger charge is -2.11. The van der Waals surface area contributed by atoms with Crippen LogP contribution in [0.15, 0.2) is 42.7 Å². The minimum Gasteiger partial charge on any atom is -0.487 e. The molecule has 0 aliphatic rings. The van der Waals surface area contributed by atoms with Gasteiger partial charge in [0, 0.05) is 23.3 Å². The summed E-state index contributed by atoms with van der Waals surface area (Å²) in [5.41, 5.74) is 2.16. The first-order valence-corrected chi connectivity index (χ1v) is 6.68. The third kappa shape index (κ3) is 4.23. The van der Waals surface area contributed by atoms with Crippen molar-refractivity contribution >= 4 is 11.6 Å². The zero-order valence-corrected chi connectivity index (χ0v) is 11.7. The number of rotatable bonds is 6. The normalized spacial score (nSPS) is 10.4. The number of benzene rings is 1. The Morgan fingerprint density at radius 1 is 1.32 bits per heavy atom. The molecule has 2 aromatic rings. The second-order valence-electron chi connectivity index (χ2n) is 4.18. The minimum atomic E-state index is 0.491. The molecule has 0 amide bonds. The molecule has 0 spiro atoms. The van der Waals surface area contributed by atoms with Crippen LogP contribution in [0.3, 0.4) is 0 Å². The van der Waals surface area contributed by atoms with E-state index in [0.29, 0.717) is 6.61 Å². The smallest absolute Gasteiger partial charge is 0.142 e. The Kier molecular flexibility index (Phi) is 5.19. The van der Waals surface area contributed by atoms with Crippen LogP contribution in [0.4, 0.5) is 0 Å². The van der Waals surface area contributed by atoms with Crippen molar-refractivity contribution in [3.63, 3.8) is 0 Å². The number of hydrogen-bond acceptors (Lipinski definition) is 3. The maximum atomic E-state index is 5.95. The van der Waals surface area contributed by atoms with Gasteiger partial charge < -0.3 is 10.1 Å². The number of halogens is 1. The van der Waals surface area contributed by atoms with Gasteiger partial charge in [0.05, 0.1) is 6.20 Å². The highest BCUT2D eigenvalue weighted by molar-refractivity contribution is 6.30. The molecule has 3 nitrogen and oxygen atoms in total.